The maximum Gasteiger partial charge on any atom is 0.305 e. The average molecular weight is 1600 g/mol. The highest BCUT2D eigenvalue weighted by Gasteiger charge is 2.39. The molecule has 0 fully saturated rings. The topological polar surface area (TPSA) is 614 Å². The summed E-state index contributed by atoms with van der Waals surface area (Å²) in [5, 5.41) is 52.8. The van der Waals surface area contributed by atoms with Gasteiger partial charge in [-0.05, 0) is 112 Å². The standard InChI is InChI=1S/C78H116N22O15/c1-8-45(6)65(77(115)89-46(7)67(105)91-53(28-17-19-31-79)68(106)92-55(30-21-33-86-78(83)84)69(107)94-56(66(82)104)34-47-22-11-9-12-23-47)100-73(111)59(37-50-41-85-42-88-50)96-70(108)54(29-18-20-32-80)93-75(113)63(43(2)3)99-76(114)64(44(4)5)98-74(112)60(38-62(102)103)97-71(109)57(35-48-24-13-10-14-25-48)95-72(110)58(90-61(101)39-81)36-49-40-87-52-27-16-15-26-51(49)52/h9-16,22-27,40-46,53-60,63-65,87H,8,17-21,28-39,79-81H2,1-7H3,(H2,82,104)(H,85,88)(H,89,115)(H,90,101)(H,91,105)(H,92,106)(H,93,113)(H,94,107)(H,95,110)(H,96,108)(H,97,109)(H,98,112)(H,99,114)(H,100,111)(H,102,103)(H4,83,84,86)/t45-,46-,53-,54-,55-,56-,57-,58-,59-,60-,63-,64-,65-/m0/s1. The minimum absolute atomic E-state index is 0.0174. The highest BCUT2D eigenvalue weighted by molar-refractivity contribution is 6.01. The fraction of sp³-hybridized carbons (Fsp3) is 0.513. The van der Waals surface area contributed by atoms with E-state index in [1.807, 2.05) is 18.2 Å². The van der Waals surface area contributed by atoms with Crippen LogP contribution >= 0.6 is 0 Å². The Kier molecular flexibility index (Phi) is 39.3. The van der Waals surface area contributed by atoms with E-state index in [0.717, 1.165) is 10.9 Å². The number of fused-ring (bicyclic) bond motifs is 1. The number of rotatable bonds is 51. The lowest BCUT2D eigenvalue weighted by molar-refractivity contribution is -0.142. The van der Waals surface area contributed by atoms with Gasteiger partial charge in [0.05, 0.1) is 19.3 Å². The molecule has 2 heterocycles. The molecule has 37 heteroatoms. The molecule has 628 valence electrons. The second-order valence-corrected chi connectivity index (χ2v) is 29.1. The van der Waals surface area contributed by atoms with E-state index in [9.17, 15) is 72.2 Å². The summed E-state index contributed by atoms with van der Waals surface area (Å²) in [6.45, 7) is 11.2. The fourth-order valence-electron chi connectivity index (χ4n) is 12.5. The molecule has 13 amide bonds. The Morgan fingerprint density at radius 1 is 0.452 bits per heavy atom. The molecule has 0 saturated carbocycles. The van der Waals surface area contributed by atoms with Gasteiger partial charge in [-0.1, -0.05) is 127 Å². The Hall–Kier alpha value is -11.9. The number of amides is 13. The van der Waals surface area contributed by atoms with Crippen LogP contribution in [0.2, 0.25) is 0 Å². The van der Waals surface area contributed by atoms with Crippen molar-refractivity contribution in [2.75, 3.05) is 26.2 Å². The summed E-state index contributed by atoms with van der Waals surface area (Å²) in [7, 11) is 0. The van der Waals surface area contributed by atoms with Crippen molar-refractivity contribution in [2.45, 2.75) is 211 Å². The van der Waals surface area contributed by atoms with Crippen LogP contribution in [-0.4, -0.2) is 207 Å². The molecule has 0 unspecified atom stereocenters. The van der Waals surface area contributed by atoms with Crippen LogP contribution in [0.5, 0.6) is 0 Å². The summed E-state index contributed by atoms with van der Waals surface area (Å²) in [6.07, 6.45) is 4.90. The molecule has 5 aromatic rings. The first-order valence-corrected chi connectivity index (χ1v) is 38.7. The Bertz CT molecular complexity index is 4050. The van der Waals surface area contributed by atoms with Gasteiger partial charge in [-0.2, -0.15) is 0 Å². The first-order chi connectivity index (χ1) is 54.8. The van der Waals surface area contributed by atoms with Gasteiger partial charge in [0.2, 0.25) is 76.8 Å². The van der Waals surface area contributed by atoms with Gasteiger partial charge in [-0.3, -0.25) is 72.5 Å². The normalized spacial score (nSPS) is 14.6. The van der Waals surface area contributed by atoms with Crippen LogP contribution in [0.1, 0.15) is 135 Å². The van der Waals surface area contributed by atoms with Gasteiger partial charge in [-0.25, -0.2) is 4.98 Å². The van der Waals surface area contributed by atoms with Gasteiger partial charge in [0, 0.05) is 61.2 Å². The van der Waals surface area contributed by atoms with Crippen molar-refractivity contribution in [1.82, 2.24) is 84.1 Å². The van der Waals surface area contributed by atoms with Gasteiger partial charge in [0.15, 0.2) is 5.96 Å². The third kappa shape index (κ3) is 31.6. The van der Waals surface area contributed by atoms with E-state index in [4.69, 9.17) is 34.1 Å². The van der Waals surface area contributed by atoms with E-state index in [2.05, 4.69) is 84.1 Å². The zero-order chi connectivity index (χ0) is 84.8. The lowest BCUT2D eigenvalue weighted by Gasteiger charge is -2.30. The fourth-order valence-corrected chi connectivity index (χ4v) is 12.5. The number of carboxylic acid groups (broad SMARTS) is 1. The Morgan fingerprint density at radius 2 is 0.878 bits per heavy atom. The minimum atomic E-state index is -1.87. The zero-order valence-corrected chi connectivity index (χ0v) is 66.2. The van der Waals surface area contributed by atoms with Crippen LogP contribution in [0.25, 0.3) is 10.9 Å². The number of imidazole rings is 1. The number of hydrogen-bond acceptors (Lipinski definition) is 19. The van der Waals surface area contributed by atoms with Crippen LogP contribution < -0.4 is 97.8 Å². The number of nitrogens with zero attached hydrogens (tertiary/aromatic N) is 1. The number of carbonyl (C=O) groups is 14. The van der Waals surface area contributed by atoms with Crippen molar-refractivity contribution >= 4 is 99.6 Å². The van der Waals surface area contributed by atoms with Crippen LogP contribution in [-0.2, 0) is 92.8 Å². The third-order valence-electron chi connectivity index (χ3n) is 19.2. The molecule has 3 aromatic carbocycles. The maximum absolute atomic E-state index is 14.8. The average Bonchev–Trinajstić information content (AvgIpc) is 1.80. The van der Waals surface area contributed by atoms with Gasteiger partial charge >= 0.3 is 5.97 Å². The number of para-hydroxylation sites is 1. The summed E-state index contributed by atoms with van der Waals surface area (Å²) in [5.41, 5.74) is 31.5. The van der Waals surface area contributed by atoms with Crippen molar-refractivity contribution in [2.24, 2.45) is 46.4 Å². The smallest absolute Gasteiger partial charge is 0.305 e. The van der Waals surface area contributed by atoms with E-state index in [-0.39, 0.29) is 83.4 Å². The molecule has 0 spiro atoms. The van der Waals surface area contributed by atoms with Gasteiger partial charge in [-0.15, -0.1) is 0 Å². The lowest BCUT2D eigenvalue weighted by Crippen LogP contribution is -2.62. The van der Waals surface area contributed by atoms with E-state index in [1.54, 1.807) is 114 Å². The summed E-state index contributed by atoms with van der Waals surface area (Å²) in [5.74, 6) is -15.2. The molecule has 27 N–H and O–H groups in total. The number of aromatic nitrogens is 3. The first kappa shape index (κ1) is 93.7. The molecule has 0 aliphatic heterocycles. The molecular weight excluding hydrogens is 1480 g/mol. The van der Waals surface area contributed by atoms with Gasteiger partial charge in [0.1, 0.15) is 72.5 Å². The molecule has 37 nitrogen and oxygen atoms in total. The molecule has 0 bridgehead atoms. The summed E-state index contributed by atoms with van der Waals surface area (Å²) >= 11 is 0. The van der Waals surface area contributed by atoms with Crippen LogP contribution in [0.3, 0.4) is 0 Å². The molecule has 0 radical (unpaired) electrons. The number of hydrogen-bond donors (Lipinski definition) is 22. The highest BCUT2D eigenvalue weighted by Crippen LogP contribution is 2.21. The van der Waals surface area contributed by atoms with Gasteiger partial charge in [0.25, 0.3) is 0 Å². The number of guanidine groups is 1. The molecule has 2 aromatic heterocycles. The Morgan fingerprint density at radius 3 is 1.38 bits per heavy atom. The number of primary amides is 1. The molecule has 0 aliphatic rings. The Labute approximate surface area is 668 Å². The number of carbonyl (C=O) groups excluding carboxylic acids is 13. The third-order valence-corrected chi connectivity index (χ3v) is 19.2. The number of nitrogens with two attached hydrogens (primary N) is 5. The predicted octanol–water partition coefficient (Wildman–Crippen LogP) is -2.20. The van der Waals surface area contributed by atoms with Gasteiger partial charge < -0.3 is 113 Å². The largest absolute Gasteiger partial charge is 0.481 e. The number of benzene rings is 3. The number of unbranched alkanes of at least 4 members (excludes halogenated alkanes) is 2. The first-order valence-electron chi connectivity index (χ1n) is 38.7. The van der Waals surface area contributed by atoms with Crippen molar-refractivity contribution in [3.63, 3.8) is 0 Å². The van der Waals surface area contributed by atoms with E-state index in [0.29, 0.717) is 48.1 Å². The summed E-state index contributed by atoms with van der Waals surface area (Å²) in [4.78, 5) is 207. The number of carboxylic acids is 1. The molecule has 0 saturated heterocycles. The number of nitrogens with one attached hydrogen (secondary N) is 16. The molecular formula is C78H116N22O15. The summed E-state index contributed by atoms with van der Waals surface area (Å²) < 4.78 is 0. The number of H-pyrrole nitrogens is 2. The van der Waals surface area contributed by atoms with Crippen molar-refractivity contribution < 1.29 is 72.2 Å². The second-order valence-electron chi connectivity index (χ2n) is 29.1. The van der Waals surface area contributed by atoms with Crippen molar-refractivity contribution in [3.8, 4) is 0 Å². The molecule has 5 rings (SSSR count). The Balaban J connectivity index is 1.32. The van der Waals surface area contributed by atoms with Crippen molar-refractivity contribution in [1.29, 1.82) is 5.41 Å². The minimum Gasteiger partial charge on any atom is -0.481 e. The quantitative estimate of drug-likeness (QED) is 0.0112. The lowest BCUT2D eigenvalue weighted by atomic mass is 9.97. The second kappa shape index (κ2) is 48.3. The van der Waals surface area contributed by atoms with E-state index >= 15 is 0 Å². The summed E-state index contributed by atoms with van der Waals surface area (Å²) in [6, 6.07) is 7.55. The molecule has 0 aliphatic carbocycles. The maximum atomic E-state index is 14.8. The highest BCUT2D eigenvalue weighted by atomic mass is 16.4. The number of aliphatic carboxylic acids is 1. The van der Waals surface area contributed by atoms with Crippen LogP contribution in [0.15, 0.2) is 104 Å². The predicted molar refractivity (Wildman–Crippen MR) is 428 cm³/mol. The van der Waals surface area contributed by atoms with Crippen molar-refractivity contribution in [3.05, 3.63) is 126 Å². The van der Waals surface area contributed by atoms with Crippen LogP contribution in [0.4, 0.5) is 0 Å². The number of aromatic amines is 2. The molecule has 115 heavy (non-hydrogen) atoms. The zero-order valence-electron chi connectivity index (χ0n) is 66.2. The SMILES string of the molecule is CC[C@H](C)[C@H](NC(=O)[C@H](Cc1cnc[nH]1)NC(=O)[C@H](CCCCN)NC(=O)[C@@H](NC(=O)[C@@H](NC(=O)[C@H](CC(=O)O)NC(=O)[C@H](Cc1ccccc1)NC(=O)[C@H](Cc1c[nH]c2ccccc12)NC(=O)CN)C(C)C)C(C)C)C(=O)N[C@@H](C)C(=O)N[C@@H](CCCCN)C(=O)N[C@@H](CCCNC(=N)N)C(=O)N[C@@H](Cc1ccccc1)C(N)=O. The van der Waals surface area contributed by atoms with E-state index < -0.39 is 186 Å². The van der Waals surface area contributed by atoms with E-state index in [1.165, 1.54) is 19.4 Å². The van der Waals surface area contributed by atoms with Crippen LogP contribution in [0, 0.1) is 23.2 Å². The monoisotopic (exact) mass is 1600 g/mol. The molecule has 13 atom stereocenters.